The summed E-state index contributed by atoms with van der Waals surface area (Å²) in [6.07, 6.45) is -5.47. The number of halogens is 7. The zero-order valence-corrected chi connectivity index (χ0v) is 20.5. The van der Waals surface area contributed by atoms with Crippen LogP contribution in [-0.2, 0) is 11.5 Å². The van der Waals surface area contributed by atoms with Crippen molar-refractivity contribution < 1.29 is 40.9 Å². The number of thiophene rings is 1. The molecule has 0 radical (unpaired) electrons. The van der Waals surface area contributed by atoms with Crippen LogP contribution in [0.2, 0.25) is 0 Å². The van der Waals surface area contributed by atoms with Crippen LogP contribution in [0.25, 0.3) is 0 Å². The molecule has 1 aliphatic rings. The summed E-state index contributed by atoms with van der Waals surface area (Å²) in [5.41, 5.74) is -2.57. The van der Waals surface area contributed by atoms with Gasteiger partial charge in [-0.15, -0.1) is 16.5 Å². The molecule has 0 aliphatic carbocycles. The van der Waals surface area contributed by atoms with E-state index in [1.54, 1.807) is 0 Å². The summed E-state index contributed by atoms with van der Waals surface area (Å²) in [5.74, 6) is -1.54. The number of pyridine rings is 1. The standard InChI is InChI=1S/C24H18F7N5O2S/c1-35-34-33-13-36(35)12-22(38,17-7-4-15(25)10-18(17)26)23(27,28)20-9-3-14(11-32-20)2-5-16-6-8-19(39-16)21(37)24(29,30)31/h3-4,6-11,13,21,34,37-38H,12H2,1H3. The van der Waals surface area contributed by atoms with Crippen LogP contribution < -0.4 is 5.53 Å². The van der Waals surface area contributed by atoms with Crippen molar-refractivity contribution in [2.75, 3.05) is 13.6 Å². The van der Waals surface area contributed by atoms with Gasteiger partial charge in [0.05, 0.1) is 11.4 Å². The molecule has 15 heteroatoms. The van der Waals surface area contributed by atoms with Gasteiger partial charge in [0.2, 0.25) is 0 Å². The highest BCUT2D eigenvalue weighted by Gasteiger charge is 2.58. The predicted molar refractivity (Wildman–Crippen MR) is 126 cm³/mol. The van der Waals surface area contributed by atoms with Crippen LogP contribution in [0.4, 0.5) is 30.7 Å². The van der Waals surface area contributed by atoms with Crippen molar-refractivity contribution in [3.63, 3.8) is 0 Å². The lowest BCUT2D eigenvalue weighted by Crippen LogP contribution is -2.55. The Bertz CT molecular complexity index is 1440. The molecule has 0 saturated carbocycles. The van der Waals surface area contributed by atoms with Gasteiger partial charge >= 0.3 is 12.1 Å². The van der Waals surface area contributed by atoms with E-state index >= 15 is 8.78 Å². The second-order valence-corrected chi connectivity index (χ2v) is 9.47. The first-order valence-corrected chi connectivity index (χ1v) is 11.7. The van der Waals surface area contributed by atoms with Gasteiger partial charge in [0.1, 0.15) is 23.7 Å². The highest BCUT2D eigenvalue weighted by atomic mass is 32.1. The van der Waals surface area contributed by atoms with Crippen LogP contribution >= 0.6 is 11.3 Å². The lowest BCUT2D eigenvalue weighted by Gasteiger charge is -2.39. The number of nitrogens with one attached hydrogen (secondary N) is 1. The smallest absolute Gasteiger partial charge is 0.379 e. The number of rotatable bonds is 6. The van der Waals surface area contributed by atoms with Gasteiger partial charge < -0.3 is 10.2 Å². The van der Waals surface area contributed by atoms with E-state index in [0.29, 0.717) is 23.5 Å². The zero-order valence-electron chi connectivity index (χ0n) is 19.7. The van der Waals surface area contributed by atoms with Gasteiger partial charge in [0, 0.05) is 35.3 Å². The molecule has 206 valence electrons. The molecule has 0 bridgehead atoms. The number of nitrogens with zero attached hydrogens (tertiary/aromatic N) is 4. The monoisotopic (exact) mass is 573 g/mol. The molecule has 0 spiro atoms. The van der Waals surface area contributed by atoms with E-state index < -0.39 is 53.2 Å². The number of β-amino-alcohol motifs (C(OH)–C–C–N with tert-alkyl or cyclic N) is 1. The van der Waals surface area contributed by atoms with Crippen molar-refractivity contribution >= 4 is 17.7 Å². The molecule has 0 fully saturated rings. The van der Waals surface area contributed by atoms with Crippen LogP contribution in [0.1, 0.15) is 32.7 Å². The van der Waals surface area contributed by atoms with E-state index in [9.17, 15) is 32.2 Å². The molecule has 7 nitrogen and oxygen atoms in total. The SMILES string of the molecule is CN1NN=CN1CC(O)(c1ccc(F)cc1F)C(F)(F)c1ccc(C#Cc2ccc(C(O)C(F)(F)F)s2)cn1. The van der Waals surface area contributed by atoms with Crippen molar-refractivity contribution in [3.8, 4) is 11.8 Å². The third-order valence-corrected chi connectivity index (χ3v) is 6.74. The summed E-state index contributed by atoms with van der Waals surface area (Å²) >= 11 is 0.609. The van der Waals surface area contributed by atoms with Crippen molar-refractivity contribution in [3.05, 3.63) is 86.9 Å². The van der Waals surface area contributed by atoms with Crippen LogP contribution in [-0.4, -0.2) is 51.4 Å². The fraction of sp³-hybridized carbons (Fsp3) is 0.250. The van der Waals surface area contributed by atoms with E-state index in [-0.39, 0.29) is 15.3 Å². The molecule has 3 aromatic rings. The number of hydrogen-bond donors (Lipinski definition) is 3. The highest BCUT2D eigenvalue weighted by Crippen LogP contribution is 2.46. The fourth-order valence-electron chi connectivity index (χ4n) is 3.60. The largest absolute Gasteiger partial charge is 0.419 e. The fourth-order valence-corrected chi connectivity index (χ4v) is 4.47. The molecule has 3 heterocycles. The first-order chi connectivity index (χ1) is 18.2. The summed E-state index contributed by atoms with van der Waals surface area (Å²) in [5, 5.41) is 26.5. The molecule has 2 aromatic heterocycles. The van der Waals surface area contributed by atoms with Crippen molar-refractivity contribution in [1.29, 1.82) is 0 Å². The Morgan fingerprint density at radius 2 is 1.79 bits per heavy atom. The molecule has 2 atom stereocenters. The zero-order chi connectivity index (χ0) is 28.6. The average Bonchev–Trinajstić information content (AvgIpc) is 3.50. The summed E-state index contributed by atoms with van der Waals surface area (Å²) in [7, 11) is 1.40. The molecule has 1 aromatic carbocycles. The van der Waals surface area contributed by atoms with Gasteiger partial charge in [-0.05, 0) is 36.4 Å². The number of hydrogen-bond acceptors (Lipinski definition) is 8. The van der Waals surface area contributed by atoms with Gasteiger partial charge in [-0.2, -0.15) is 27.1 Å². The van der Waals surface area contributed by atoms with E-state index in [1.165, 1.54) is 13.1 Å². The van der Waals surface area contributed by atoms with E-state index in [2.05, 4.69) is 27.5 Å². The Morgan fingerprint density at radius 1 is 1.05 bits per heavy atom. The minimum atomic E-state index is -4.84. The Morgan fingerprint density at radius 3 is 2.38 bits per heavy atom. The van der Waals surface area contributed by atoms with Crippen LogP contribution in [0.5, 0.6) is 0 Å². The van der Waals surface area contributed by atoms with Gasteiger partial charge in [0.15, 0.2) is 11.7 Å². The molecule has 0 saturated heterocycles. The summed E-state index contributed by atoms with van der Waals surface area (Å²) in [6, 6.07) is 6.13. The summed E-state index contributed by atoms with van der Waals surface area (Å²) < 4.78 is 98.0. The predicted octanol–water partition coefficient (Wildman–Crippen LogP) is 4.01. The van der Waals surface area contributed by atoms with E-state index in [0.717, 1.165) is 46.9 Å². The number of aliphatic hydroxyl groups is 2. The lowest BCUT2D eigenvalue weighted by molar-refractivity contribution is -0.214. The molecule has 39 heavy (non-hydrogen) atoms. The average molecular weight is 573 g/mol. The van der Waals surface area contributed by atoms with Crippen LogP contribution in [0.3, 0.4) is 0 Å². The molecule has 2 unspecified atom stereocenters. The Labute approximate surface area is 220 Å². The Kier molecular flexibility index (Phi) is 7.59. The molecule has 0 amide bonds. The number of alkyl halides is 5. The third-order valence-electron chi connectivity index (χ3n) is 5.69. The number of hydrazine groups is 2. The maximum absolute atomic E-state index is 15.9. The molecule has 4 rings (SSSR count). The Hall–Kier alpha value is -3.71. The van der Waals surface area contributed by atoms with E-state index in [1.807, 2.05) is 0 Å². The molecule has 1 aliphatic heterocycles. The van der Waals surface area contributed by atoms with Crippen molar-refractivity contribution in [1.82, 2.24) is 20.6 Å². The lowest BCUT2D eigenvalue weighted by atomic mass is 9.84. The number of benzene rings is 1. The minimum absolute atomic E-state index is 0.105. The van der Waals surface area contributed by atoms with Gasteiger partial charge in [-0.3, -0.25) is 9.99 Å². The van der Waals surface area contributed by atoms with Gasteiger partial charge in [-0.1, -0.05) is 11.8 Å². The first-order valence-electron chi connectivity index (χ1n) is 10.9. The van der Waals surface area contributed by atoms with Gasteiger partial charge in [0.25, 0.3) is 0 Å². The molecular weight excluding hydrogens is 555 g/mol. The molecular formula is C24H18F7N5O2S. The van der Waals surface area contributed by atoms with Crippen LogP contribution in [0, 0.1) is 23.5 Å². The van der Waals surface area contributed by atoms with Gasteiger partial charge in [-0.25, -0.2) is 14.3 Å². The number of aromatic nitrogens is 1. The topological polar surface area (TPSA) is 84.2 Å². The van der Waals surface area contributed by atoms with E-state index in [4.69, 9.17) is 0 Å². The summed E-state index contributed by atoms with van der Waals surface area (Å²) in [6.45, 7) is -0.913. The quantitative estimate of drug-likeness (QED) is 0.306. The highest BCUT2D eigenvalue weighted by molar-refractivity contribution is 7.12. The minimum Gasteiger partial charge on any atom is -0.379 e. The first kappa shape index (κ1) is 28.3. The number of hydrazone groups is 1. The maximum atomic E-state index is 15.9. The second-order valence-electron chi connectivity index (χ2n) is 8.35. The van der Waals surface area contributed by atoms with Crippen LogP contribution in [0.15, 0.2) is 53.8 Å². The Balaban J connectivity index is 1.64. The normalized spacial score (nSPS) is 16.4. The maximum Gasteiger partial charge on any atom is 0.419 e. The third kappa shape index (κ3) is 5.69. The van der Waals surface area contributed by atoms with Crippen molar-refractivity contribution in [2.24, 2.45) is 5.10 Å². The second kappa shape index (κ2) is 10.5. The molecule has 3 N–H and O–H groups in total. The number of aliphatic hydroxyl groups excluding tert-OH is 1. The summed E-state index contributed by atoms with van der Waals surface area (Å²) in [4.78, 5) is 3.50. The van der Waals surface area contributed by atoms with Crippen molar-refractivity contribution in [2.45, 2.75) is 23.8 Å².